The van der Waals surface area contributed by atoms with Gasteiger partial charge in [-0.1, -0.05) is 24.3 Å². The molecular weight excluding hydrogens is 271 g/mol. The Labute approximate surface area is 123 Å². The van der Waals surface area contributed by atoms with E-state index in [1.165, 1.54) is 12.1 Å². The fourth-order valence-electron chi connectivity index (χ4n) is 1.99. The zero-order valence-electron chi connectivity index (χ0n) is 11.8. The molecule has 0 saturated heterocycles. The normalized spacial score (nSPS) is 10.4. The van der Waals surface area contributed by atoms with E-state index in [-0.39, 0.29) is 18.0 Å². The summed E-state index contributed by atoms with van der Waals surface area (Å²) in [6.45, 7) is 0.827. The van der Waals surface area contributed by atoms with Crippen LogP contribution in [0.3, 0.4) is 0 Å². The van der Waals surface area contributed by atoms with E-state index >= 15 is 0 Å². The van der Waals surface area contributed by atoms with Crippen molar-refractivity contribution in [2.75, 3.05) is 20.3 Å². The second-order valence-corrected chi connectivity index (χ2v) is 4.57. The van der Waals surface area contributed by atoms with Crippen LogP contribution in [0.4, 0.5) is 4.39 Å². The van der Waals surface area contributed by atoms with Crippen molar-refractivity contribution in [2.45, 2.75) is 6.42 Å². The van der Waals surface area contributed by atoms with Gasteiger partial charge in [-0.15, -0.1) is 0 Å². The lowest BCUT2D eigenvalue weighted by atomic mass is 10.0. The first-order valence-electron chi connectivity index (χ1n) is 6.69. The quantitative estimate of drug-likeness (QED) is 0.579. The number of hydrogen-bond acceptors (Lipinski definition) is 3. The molecule has 0 amide bonds. The molecule has 0 aliphatic rings. The van der Waals surface area contributed by atoms with Gasteiger partial charge in [0.2, 0.25) is 0 Å². The summed E-state index contributed by atoms with van der Waals surface area (Å²) >= 11 is 0. The van der Waals surface area contributed by atoms with Crippen LogP contribution in [0.15, 0.2) is 48.5 Å². The maximum absolute atomic E-state index is 13.2. The number of rotatable bonds is 7. The number of carbonyl (C=O) groups is 1. The maximum atomic E-state index is 13.2. The summed E-state index contributed by atoms with van der Waals surface area (Å²) in [7, 11) is 1.59. The van der Waals surface area contributed by atoms with Gasteiger partial charge in [-0.05, 0) is 29.8 Å². The van der Waals surface area contributed by atoms with Crippen LogP contribution in [-0.2, 0) is 11.2 Å². The van der Waals surface area contributed by atoms with Gasteiger partial charge < -0.3 is 9.47 Å². The molecule has 0 unspecified atom stereocenters. The molecule has 0 aliphatic carbocycles. The summed E-state index contributed by atoms with van der Waals surface area (Å²) in [6, 6.07) is 13.1. The molecule has 0 N–H and O–H groups in total. The minimum Gasteiger partial charge on any atom is -0.490 e. The molecule has 4 heteroatoms. The van der Waals surface area contributed by atoms with Crippen LogP contribution in [-0.4, -0.2) is 26.1 Å². The Balaban J connectivity index is 2.11. The van der Waals surface area contributed by atoms with Gasteiger partial charge in [0.05, 0.1) is 12.2 Å². The number of ether oxygens (including phenoxy) is 2. The van der Waals surface area contributed by atoms with Crippen LogP contribution in [0.2, 0.25) is 0 Å². The first kappa shape index (κ1) is 15.2. The van der Waals surface area contributed by atoms with Gasteiger partial charge in [0.1, 0.15) is 18.2 Å². The highest BCUT2D eigenvalue weighted by Crippen LogP contribution is 2.20. The van der Waals surface area contributed by atoms with E-state index in [0.29, 0.717) is 30.1 Å². The van der Waals surface area contributed by atoms with Gasteiger partial charge in [-0.25, -0.2) is 4.39 Å². The Morgan fingerprint density at radius 1 is 1.10 bits per heavy atom. The van der Waals surface area contributed by atoms with Crippen molar-refractivity contribution in [1.29, 1.82) is 0 Å². The summed E-state index contributed by atoms with van der Waals surface area (Å²) < 4.78 is 23.6. The standard InChI is InChI=1S/C17H17FO3/c1-20-9-10-21-17-8-3-2-7-15(17)16(19)12-13-5-4-6-14(18)11-13/h2-8,11H,9-10,12H2,1H3. The van der Waals surface area contributed by atoms with E-state index in [1.807, 2.05) is 0 Å². The molecule has 2 rings (SSSR count). The molecule has 0 atom stereocenters. The summed E-state index contributed by atoms with van der Waals surface area (Å²) in [5, 5.41) is 0. The molecule has 3 nitrogen and oxygen atoms in total. The average molecular weight is 288 g/mol. The van der Waals surface area contributed by atoms with E-state index in [0.717, 1.165) is 0 Å². The van der Waals surface area contributed by atoms with Crippen LogP contribution in [0.1, 0.15) is 15.9 Å². The fraction of sp³-hybridized carbons (Fsp3) is 0.235. The lowest BCUT2D eigenvalue weighted by Gasteiger charge is -2.10. The fourth-order valence-corrected chi connectivity index (χ4v) is 1.99. The Kier molecular flexibility index (Phi) is 5.46. The predicted molar refractivity (Wildman–Crippen MR) is 78.2 cm³/mol. The smallest absolute Gasteiger partial charge is 0.170 e. The Morgan fingerprint density at radius 2 is 1.90 bits per heavy atom. The average Bonchev–Trinajstić information content (AvgIpc) is 2.48. The second-order valence-electron chi connectivity index (χ2n) is 4.57. The third kappa shape index (κ3) is 4.39. The molecule has 0 spiro atoms. The van der Waals surface area contributed by atoms with Crippen molar-refractivity contribution in [3.05, 3.63) is 65.5 Å². The van der Waals surface area contributed by atoms with E-state index in [4.69, 9.17) is 9.47 Å². The van der Waals surface area contributed by atoms with Crippen molar-refractivity contribution in [3.63, 3.8) is 0 Å². The van der Waals surface area contributed by atoms with E-state index in [1.54, 1.807) is 43.5 Å². The van der Waals surface area contributed by atoms with Crippen LogP contribution in [0.25, 0.3) is 0 Å². The molecule has 2 aromatic rings. The molecule has 0 heterocycles. The van der Waals surface area contributed by atoms with Crippen molar-refractivity contribution < 1.29 is 18.7 Å². The number of ketones is 1. The minimum atomic E-state index is -0.343. The van der Waals surface area contributed by atoms with Gasteiger partial charge in [-0.2, -0.15) is 0 Å². The van der Waals surface area contributed by atoms with Gasteiger partial charge in [0, 0.05) is 13.5 Å². The molecule has 0 fully saturated rings. The Bertz CT molecular complexity index is 610. The monoisotopic (exact) mass is 288 g/mol. The van der Waals surface area contributed by atoms with Crippen LogP contribution >= 0.6 is 0 Å². The molecule has 0 aromatic heterocycles. The minimum absolute atomic E-state index is 0.103. The molecule has 0 radical (unpaired) electrons. The number of halogens is 1. The third-order valence-electron chi connectivity index (χ3n) is 2.99. The first-order valence-corrected chi connectivity index (χ1v) is 6.69. The summed E-state index contributed by atoms with van der Waals surface area (Å²) in [6.07, 6.45) is 0.141. The number of para-hydroxylation sites is 1. The van der Waals surface area contributed by atoms with Gasteiger partial charge in [0.25, 0.3) is 0 Å². The molecule has 0 bridgehead atoms. The van der Waals surface area contributed by atoms with E-state index < -0.39 is 0 Å². The zero-order valence-corrected chi connectivity index (χ0v) is 11.8. The topological polar surface area (TPSA) is 35.5 Å². The van der Waals surface area contributed by atoms with Crippen LogP contribution in [0.5, 0.6) is 5.75 Å². The van der Waals surface area contributed by atoms with Crippen molar-refractivity contribution >= 4 is 5.78 Å². The van der Waals surface area contributed by atoms with Crippen molar-refractivity contribution in [3.8, 4) is 5.75 Å². The molecule has 21 heavy (non-hydrogen) atoms. The van der Waals surface area contributed by atoms with Crippen molar-refractivity contribution in [2.24, 2.45) is 0 Å². The number of Topliss-reactive ketones (excluding diaryl/α,β-unsaturated/α-hetero) is 1. The van der Waals surface area contributed by atoms with Gasteiger partial charge >= 0.3 is 0 Å². The predicted octanol–water partition coefficient (Wildman–Crippen LogP) is 3.28. The third-order valence-corrected chi connectivity index (χ3v) is 2.99. The molecule has 0 aliphatic heterocycles. The summed E-state index contributed by atoms with van der Waals surface area (Å²) in [5.74, 6) is 0.0782. The lowest BCUT2D eigenvalue weighted by molar-refractivity contribution is 0.0985. The summed E-state index contributed by atoms with van der Waals surface area (Å²) in [4.78, 5) is 12.3. The van der Waals surface area contributed by atoms with Crippen LogP contribution < -0.4 is 4.74 Å². The second kappa shape index (κ2) is 7.55. The summed E-state index contributed by atoms with van der Waals surface area (Å²) in [5.41, 5.74) is 1.14. The van der Waals surface area contributed by atoms with Crippen molar-refractivity contribution in [1.82, 2.24) is 0 Å². The number of carbonyl (C=O) groups excluding carboxylic acids is 1. The van der Waals surface area contributed by atoms with E-state index in [2.05, 4.69) is 0 Å². The van der Waals surface area contributed by atoms with E-state index in [9.17, 15) is 9.18 Å². The first-order chi connectivity index (χ1) is 10.2. The number of benzene rings is 2. The molecule has 2 aromatic carbocycles. The molecule has 110 valence electrons. The van der Waals surface area contributed by atoms with Gasteiger partial charge in [-0.3, -0.25) is 4.79 Å². The number of methoxy groups -OCH3 is 1. The SMILES string of the molecule is COCCOc1ccccc1C(=O)Cc1cccc(F)c1. The van der Waals surface area contributed by atoms with Crippen LogP contribution in [0, 0.1) is 5.82 Å². The maximum Gasteiger partial charge on any atom is 0.170 e. The highest BCUT2D eigenvalue weighted by Gasteiger charge is 2.13. The lowest BCUT2D eigenvalue weighted by Crippen LogP contribution is -2.10. The highest BCUT2D eigenvalue weighted by molar-refractivity contribution is 5.99. The number of hydrogen-bond donors (Lipinski definition) is 0. The Hall–Kier alpha value is -2.20. The zero-order chi connectivity index (χ0) is 15.1. The highest BCUT2D eigenvalue weighted by atomic mass is 19.1. The molecule has 0 saturated carbocycles. The largest absolute Gasteiger partial charge is 0.490 e. The molecular formula is C17H17FO3. The Morgan fingerprint density at radius 3 is 2.67 bits per heavy atom. The van der Waals surface area contributed by atoms with Gasteiger partial charge in [0.15, 0.2) is 5.78 Å².